The average Bonchev–Trinajstić information content (AvgIpc) is 3.29. The molecule has 0 saturated heterocycles. The van der Waals surface area contributed by atoms with Crippen molar-refractivity contribution < 1.29 is 26.0 Å². The lowest BCUT2D eigenvalue weighted by molar-refractivity contribution is -0.121. The maximum atomic E-state index is 13.1. The number of sulfonamides is 2. The van der Waals surface area contributed by atoms with Crippen molar-refractivity contribution in [2.75, 3.05) is 6.54 Å². The van der Waals surface area contributed by atoms with E-state index >= 15 is 0 Å². The molecular formula is C20H20ClN3O6S2. The Kier molecular flexibility index (Phi) is 7.69. The average molecular weight is 498 g/mol. The highest BCUT2D eigenvalue weighted by molar-refractivity contribution is 7.89. The van der Waals surface area contributed by atoms with Crippen molar-refractivity contribution in [3.63, 3.8) is 0 Å². The lowest BCUT2D eigenvalue weighted by Gasteiger charge is -2.21. The van der Waals surface area contributed by atoms with Crippen molar-refractivity contribution in [1.82, 2.24) is 14.6 Å². The molecule has 0 saturated carbocycles. The summed E-state index contributed by atoms with van der Waals surface area (Å²) in [6, 6.07) is 16.3. The van der Waals surface area contributed by atoms with Gasteiger partial charge in [-0.3, -0.25) is 10.2 Å². The number of hydrogen-bond donors (Lipinski definition) is 2. The molecule has 0 unspecified atom stereocenters. The maximum Gasteiger partial charge on any atom is 0.257 e. The molecule has 12 heteroatoms. The van der Waals surface area contributed by atoms with E-state index in [1.54, 1.807) is 30.3 Å². The monoisotopic (exact) mass is 497 g/mol. The van der Waals surface area contributed by atoms with Crippen LogP contribution in [0.5, 0.6) is 0 Å². The Morgan fingerprint density at radius 1 is 0.906 bits per heavy atom. The number of benzene rings is 2. The third-order valence-corrected chi connectivity index (χ3v) is 7.71. The van der Waals surface area contributed by atoms with Gasteiger partial charge in [0.05, 0.1) is 22.6 Å². The number of nitrogens with zero attached hydrogens (tertiary/aromatic N) is 1. The first-order chi connectivity index (χ1) is 15.2. The first-order valence-corrected chi connectivity index (χ1v) is 12.6. The van der Waals surface area contributed by atoms with Gasteiger partial charge in [-0.15, -0.1) is 4.83 Å². The van der Waals surface area contributed by atoms with Crippen molar-refractivity contribution in [2.24, 2.45) is 0 Å². The van der Waals surface area contributed by atoms with Crippen molar-refractivity contribution in [3.8, 4) is 0 Å². The van der Waals surface area contributed by atoms with Gasteiger partial charge in [-0.05, 0) is 48.5 Å². The van der Waals surface area contributed by atoms with Crippen LogP contribution in [0.25, 0.3) is 0 Å². The number of nitrogens with one attached hydrogen (secondary N) is 2. The van der Waals surface area contributed by atoms with Crippen LogP contribution in [0.15, 0.2) is 87.2 Å². The predicted octanol–water partition coefficient (Wildman–Crippen LogP) is 2.52. The van der Waals surface area contributed by atoms with Crippen LogP contribution in [0.4, 0.5) is 0 Å². The summed E-state index contributed by atoms with van der Waals surface area (Å²) in [6.07, 6.45) is 1.11. The van der Waals surface area contributed by atoms with Gasteiger partial charge in [0.2, 0.25) is 15.9 Å². The second kappa shape index (κ2) is 10.3. The molecule has 3 aromatic rings. The molecule has 2 N–H and O–H groups in total. The van der Waals surface area contributed by atoms with Gasteiger partial charge in [-0.2, -0.15) is 4.31 Å². The summed E-state index contributed by atoms with van der Waals surface area (Å²) in [5.74, 6) is -0.326. The first kappa shape index (κ1) is 24.0. The molecule has 0 radical (unpaired) electrons. The Morgan fingerprint density at radius 3 is 2.22 bits per heavy atom. The maximum absolute atomic E-state index is 13.1. The number of furan rings is 1. The lowest BCUT2D eigenvalue weighted by Crippen LogP contribution is -2.43. The van der Waals surface area contributed by atoms with Gasteiger partial charge < -0.3 is 4.42 Å². The number of carbonyl (C=O) groups excluding carboxylic acids is 1. The molecule has 0 spiro atoms. The summed E-state index contributed by atoms with van der Waals surface area (Å²) >= 11 is 5.84. The minimum atomic E-state index is -3.98. The van der Waals surface area contributed by atoms with Gasteiger partial charge >= 0.3 is 0 Å². The van der Waals surface area contributed by atoms with E-state index in [4.69, 9.17) is 16.0 Å². The van der Waals surface area contributed by atoms with E-state index in [1.165, 1.54) is 42.7 Å². The Balaban J connectivity index is 1.68. The highest BCUT2D eigenvalue weighted by atomic mass is 35.5. The summed E-state index contributed by atoms with van der Waals surface area (Å²) in [4.78, 5) is 14.2. The quantitative estimate of drug-likeness (QED) is 0.414. The molecule has 1 amide bonds. The fraction of sp³-hybridized carbons (Fsp3) is 0.150. The van der Waals surface area contributed by atoms with Gasteiger partial charge in [0.15, 0.2) is 0 Å². The van der Waals surface area contributed by atoms with Crippen LogP contribution in [-0.2, 0) is 31.4 Å². The van der Waals surface area contributed by atoms with Crippen LogP contribution >= 0.6 is 11.6 Å². The van der Waals surface area contributed by atoms with E-state index < -0.39 is 26.0 Å². The van der Waals surface area contributed by atoms with Crippen molar-refractivity contribution in [2.45, 2.75) is 22.8 Å². The van der Waals surface area contributed by atoms with Gasteiger partial charge in [-0.25, -0.2) is 16.8 Å². The molecule has 1 aromatic heterocycles. The van der Waals surface area contributed by atoms with E-state index in [0.29, 0.717) is 10.8 Å². The minimum Gasteiger partial charge on any atom is -0.468 e. The van der Waals surface area contributed by atoms with E-state index in [9.17, 15) is 21.6 Å². The summed E-state index contributed by atoms with van der Waals surface area (Å²) in [5.41, 5.74) is 2.10. The van der Waals surface area contributed by atoms with E-state index in [2.05, 4.69) is 5.43 Å². The summed E-state index contributed by atoms with van der Waals surface area (Å²) in [7, 11) is -7.93. The van der Waals surface area contributed by atoms with Crippen molar-refractivity contribution >= 4 is 37.6 Å². The number of halogens is 1. The number of hydrazine groups is 1. The molecule has 0 aliphatic carbocycles. The Morgan fingerprint density at radius 2 is 1.59 bits per heavy atom. The number of carbonyl (C=O) groups is 1. The third kappa shape index (κ3) is 6.17. The van der Waals surface area contributed by atoms with Crippen LogP contribution in [0.1, 0.15) is 12.2 Å². The molecular weight excluding hydrogens is 478 g/mol. The van der Waals surface area contributed by atoms with Gasteiger partial charge in [0.25, 0.3) is 10.0 Å². The number of amides is 1. The zero-order valence-corrected chi connectivity index (χ0v) is 19.0. The fourth-order valence-corrected chi connectivity index (χ4v) is 5.10. The van der Waals surface area contributed by atoms with Crippen LogP contribution in [0.3, 0.4) is 0 Å². The molecule has 170 valence electrons. The fourth-order valence-electron chi connectivity index (χ4n) is 2.69. The number of rotatable bonds is 10. The van der Waals surface area contributed by atoms with Crippen LogP contribution in [0, 0.1) is 0 Å². The lowest BCUT2D eigenvalue weighted by atomic mass is 10.4. The Labute approximate surface area is 191 Å². The standard InChI is InChI=1S/C20H20ClN3O6S2/c21-16-8-10-19(11-9-16)32(28,29)24(15-17-5-4-14-30-17)13-12-20(25)22-23-31(26,27)18-6-2-1-3-7-18/h1-11,14,23H,12-13,15H2,(H,22,25). The van der Waals surface area contributed by atoms with Gasteiger partial charge in [0, 0.05) is 18.0 Å². The highest BCUT2D eigenvalue weighted by Crippen LogP contribution is 2.21. The van der Waals surface area contributed by atoms with Crippen LogP contribution < -0.4 is 10.3 Å². The molecule has 0 aliphatic rings. The second-order valence-electron chi connectivity index (χ2n) is 6.59. The highest BCUT2D eigenvalue weighted by Gasteiger charge is 2.26. The molecule has 0 fully saturated rings. The van der Waals surface area contributed by atoms with Gasteiger partial charge in [-0.1, -0.05) is 29.8 Å². The van der Waals surface area contributed by atoms with E-state index in [1.807, 2.05) is 4.83 Å². The molecule has 32 heavy (non-hydrogen) atoms. The zero-order chi connectivity index (χ0) is 23.2. The summed E-state index contributed by atoms with van der Waals surface area (Å²) in [6.45, 7) is -0.328. The molecule has 1 heterocycles. The van der Waals surface area contributed by atoms with Crippen LogP contribution in [0.2, 0.25) is 5.02 Å². The molecule has 0 bridgehead atoms. The van der Waals surface area contributed by atoms with Crippen molar-refractivity contribution in [3.05, 3.63) is 83.8 Å². The smallest absolute Gasteiger partial charge is 0.257 e. The first-order valence-electron chi connectivity index (χ1n) is 9.32. The SMILES string of the molecule is O=C(CCN(Cc1ccco1)S(=O)(=O)c1ccc(Cl)cc1)NNS(=O)(=O)c1ccccc1. The largest absolute Gasteiger partial charge is 0.468 e. The van der Waals surface area contributed by atoms with Gasteiger partial charge in [0.1, 0.15) is 5.76 Å². The third-order valence-electron chi connectivity index (χ3n) is 4.33. The van der Waals surface area contributed by atoms with Crippen molar-refractivity contribution in [1.29, 1.82) is 0 Å². The summed E-state index contributed by atoms with van der Waals surface area (Å²) in [5, 5.41) is 0.381. The topological polar surface area (TPSA) is 126 Å². The van der Waals surface area contributed by atoms with Crippen LogP contribution in [-0.4, -0.2) is 33.6 Å². The normalized spacial score (nSPS) is 12.1. The van der Waals surface area contributed by atoms with E-state index in [-0.39, 0.29) is 29.3 Å². The zero-order valence-electron chi connectivity index (χ0n) is 16.6. The molecule has 3 rings (SSSR count). The molecule has 0 atom stereocenters. The predicted molar refractivity (Wildman–Crippen MR) is 117 cm³/mol. The minimum absolute atomic E-state index is 0.00125. The molecule has 0 aliphatic heterocycles. The van der Waals surface area contributed by atoms with E-state index in [0.717, 1.165) is 4.31 Å². The second-order valence-corrected chi connectivity index (χ2v) is 10.6. The summed E-state index contributed by atoms with van der Waals surface area (Å²) < 4.78 is 56.9. The number of hydrogen-bond acceptors (Lipinski definition) is 6. The molecule has 9 nitrogen and oxygen atoms in total. The Bertz CT molecular complexity index is 1250. The Hall–Kier alpha value is -2.70. The molecule has 2 aromatic carbocycles.